The van der Waals surface area contributed by atoms with Gasteiger partial charge in [0.2, 0.25) is 11.8 Å². The van der Waals surface area contributed by atoms with Crippen LogP contribution in [0, 0.1) is 23.7 Å². The van der Waals surface area contributed by atoms with Crippen molar-refractivity contribution in [1.29, 1.82) is 0 Å². The van der Waals surface area contributed by atoms with E-state index in [2.05, 4.69) is 74.2 Å². The molecule has 1 unspecified atom stereocenters. The van der Waals surface area contributed by atoms with Gasteiger partial charge in [-0.3, -0.25) is 28.8 Å². The standard InChI is InChI=1S/C54H71N3O8/c1-34(2)42(32-50(60)64-8)52(62)55-28-10-12-46(55)48(58)30-36-14-18-38(19-15-36)44-26-27-45(57(44)41-24-22-40(23-25-41)54(5,6)7)39-20-16-37(17-21-39)31-49(59)47-13-11-29-56(47)53(63)43(35(3)4)33-51(61)65-9/h14-25,34-35,42-47H,10-13,26-33H2,1-9H3/t42-,43-,44-,45?,46-,47-/m0/s1. The molecule has 3 heterocycles. The molecule has 3 saturated heterocycles. The monoisotopic (exact) mass is 890 g/mol. The zero-order chi connectivity index (χ0) is 47.2. The lowest BCUT2D eigenvalue weighted by Crippen LogP contribution is -2.45. The highest BCUT2D eigenvalue weighted by molar-refractivity contribution is 5.93. The molecule has 3 aliphatic rings. The van der Waals surface area contributed by atoms with Crippen molar-refractivity contribution in [2.45, 2.75) is 142 Å². The van der Waals surface area contributed by atoms with Gasteiger partial charge in [0, 0.05) is 31.6 Å². The number of nitrogens with zero attached hydrogens (tertiary/aromatic N) is 3. The number of hydrogen-bond donors (Lipinski definition) is 0. The Morgan fingerprint density at radius 2 is 0.954 bits per heavy atom. The van der Waals surface area contributed by atoms with Crippen molar-refractivity contribution in [3.63, 3.8) is 0 Å². The highest BCUT2D eigenvalue weighted by atomic mass is 16.5. The minimum atomic E-state index is -0.531. The quantitative estimate of drug-likeness (QED) is 0.122. The van der Waals surface area contributed by atoms with Crippen LogP contribution >= 0.6 is 0 Å². The Labute approximate surface area is 386 Å². The van der Waals surface area contributed by atoms with Crippen LogP contribution in [0.15, 0.2) is 72.8 Å². The SMILES string of the molecule is COC(=O)C[C@H](C(=O)N1CCC[C@H]1C(=O)Cc1ccc(C2CC[C@@H](c3ccc(CC(=O)[C@@H]4CCCN4C(=O)[C@@H](CC(=O)OC)C(C)C)cc3)N2c2ccc(C(C)(C)C)cc2)cc1)C(C)C. The summed E-state index contributed by atoms with van der Waals surface area (Å²) in [6, 6.07) is 24.8. The molecular weight excluding hydrogens is 819 g/mol. The third kappa shape index (κ3) is 11.6. The van der Waals surface area contributed by atoms with Crippen LogP contribution in [0.5, 0.6) is 0 Å². The fourth-order valence-corrected chi connectivity index (χ4v) is 10.2. The van der Waals surface area contributed by atoms with Gasteiger partial charge >= 0.3 is 11.9 Å². The maximum absolute atomic E-state index is 13.8. The summed E-state index contributed by atoms with van der Waals surface area (Å²) in [5, 5.41) is 0. The number of esters is 2. The van der Waals surface area contributed by atoms with Crippen LogP contribution in [0.3, 0.4) is 0 Å². The number of ketones is 2. The van der Waals surface area contributed by atoms with Gasteiger partial charge in [0.1, 0.15) is 0 Å². The Bertz CT molecular complexity index is 2030. The van der Waals surface area contributed by atoms with Gasteiger partial charge in [0.25, 0.3) is 0 Å². The van der Waals surface area contributed by atoms with E-state index in [1.54, 1.807) is 9.80 Å². The van der Waals surface area contributed by atoms with Crippen molar-refractivity contribution in [3.8, 4) is 0 Å². The van der Waals surface area contributed by atoms with Crippen molar-refractivity contribution in [2.24, 2.45) is 23.7 Å². The van der Waals surface area contributed by atoms with Crippen LogP contribution in [0.25, 0.3) is 0 Å². The molecule has 3 aromatic carbocycles. The number of Topliss-reactive ketones (excluding diaryl/α,β-unsaturated/α-hetero) is 2. The van der Waals surface area contributed by atoms with E-state index in [0.717, 1.165) is 53.6 Å². The fraction of sp³-hybridized carbons (Fsp3) is 0.556. The van der Waals surface area contributed by atoms with Crippen LogP contribution in [0.2, 0.25) is 0 Å². The van der Waals surface area contributed by atoms with Gasteiger partial charge in [-0.05, 0) is 95.7 Å². The van der Waals surface area contributed by atoms with E-state index in [0.29, 0.717) is 25.9 Å². The highest BCUT2D eigenvalue weighted by Gasteiger charge is 2.41. The molecule has 0 bridgehead atoms. The third-order valence-corrected chi connectivity index (χ3v) is 14.2. The first-order valence-electron chi connectivity index (χ1n) is 23.8. The molecule has 11 heteroatoms. The number of hydrogen-bond acceptors (Lipinski definition) is 9. The topological polar surface area (TPSA) is 131 Å². The van der Waals surface area contributed by atoms with Gasteiger partial charge in [0.05, 0.1) is 63.1 Å². The number of carbonyl (C=O) groups is 6. The first kappa shape index (κ1) is 49.1. The van der Waals surface area contributed by atoms with E-state index in [4.69, 9.17) is 9.47 Å². The minimum Gasteiger partial charge on any atom is -0.469 e. The van der Waals surface area contributed by atoms with Gasteiger partial charge in [-0.25, -0.2) is 0 Å². The number of likely N-dealkylation sites (tertiary alicyclic amines) is 2. The van der Waals surface area contributed by atoms with Gasteiger partial charge < -0.3 is 24.2 Å². The lowest BCUT2D eigenvalue weighted by atomic mass is 9.87. The second kappa shape index (κ2) is 21.3. The maximum atomic E-state index is 13.8. The number of amides is 2. The average molecular weight is 890 g/mol. The summed E-state index contributed by atoms with van der Waals surface area (Å²) in [4.78, 5) is 85.1. The molecule has 0 radical (unpaired) electrons. The number of methoxy groups -OCH3 is 2. The Morgan fingerprint density at radius 3 is 1.29 bits per heavy atom. The molecule has 6 rings (SSSR count). The fourth-order valence-electron chi connectivity index (χ4n) is 10.2. The second-order valence-corrected chi connectivity index (χ2v) is 20.2. The average Bonchev–Trinajstić information content (AvgIpc) is 4.08. The van der Waals surface area contributed by atoms with E-state index in [1.165, 1.54) is 19.8 Å². The molecule has 3 aliphatic heterocycles. The molecule has 65 heavy (non-hydrogen) atoms. The van der Waals surface area contributed by atoms with E-state index >= 15 is 0 Å². The zero-order valence-corrected chi connectivity index (χ0v) is 40.1. The number of benzene rings is 3. The summed E-state index contributed by atoms with van der Waals surface area (Å²) in [6.07, 6.45) is 5.04. The van der Waals surface area contributed by atoms with Crippen molar-refractivity contribution in [3.05, 3.63) is 101 Å². The molecule has 0 aromatic heterocycles. The Hall–Kier alpha value is -5.32. The summed E-state index contributed by atoms with van der Waals surface area (Å²) in [6.45, 7) is 15.4. The molecule has 0 saturated carbocycles. The van der Waals surface area contributed by atoms with Crippen molar-refractivity contribution < 1.29 is 38.2 Å². The lowest BCUT2D eigenvalue weighted by Gasteiger charge is -2.34. The minimum absolute atomic E-state index is 0.00315. The molecule has 0 spiro atoms. The largest absolute Gasteiger partial charge is 0.469 e. The van der Waals surface area contributed by atoms with Crippen molar-refractivity contribution in [2.75, 3.05) is 32.2 Å². The maximum Gasteiger partial charge on any atom is 0.306 e. The van der Waals surface area contributed by atoms with E-state index in [9.17, 15) is 28.8 Å². The van der Waals surface area contributed by atoms with E-state index in [1.807, 2.05) is 52.0 Å². The molecule has 6 atom stereocenters. The Balaban J connectivity index is 1.17. The lowest BCUT2D eigenvalue weighted by molar-refractivity contribution is -0.149. The van der Waals surface area contributed by atoms with Crippen LogP contribution in [0.1, 0.15) is 140 Å². The molecule has 2 amide bonds. The van der Waals surface area contributed by atoms with Crippen LogP contribution in [-0.4, -0.2) is 84.5 Å². The smallest absolute Gasteiger partial charge is 0.306 e. The van der Waals surface area contributed by atoms with Crippen LogP contribution in [0.4, 0.5) is 5.69 Å². The summed E-state index contributed by atoms with van der Waals surface area (Å²) < 4.78 is 9.74. The molecule has 0 N–H and O–H groups in total. The predicted molar refractivity (Wildman–Crippen MR) is 252 cm³/mol. The molecule has 3 fully saturated rings. The predicted octanol–water partition coefficient (Wildman–Crippen LogP) is 8.94. The first-order chi connectivity index (χ1) is 30.9. The zero-order valence-electron chi connectivity index (χ0n) is 40.1. The molecule has 0 aliphatic carbocycles. The van der Waals surface area contributed by atoms with Gasteiger partial charge in [-0.1, -0.05) is 109 Å². The first-order valence-corrected chi connectivity index (χ1v) is 23.8. The van der Waals surface area contributed by atoms with Gasteiger partial charge in [-0.2, -0.15) is 0 Å². The van der Waals surface area contributed by atoms with Crippen LogP contribution in [-0.2, 0) is 56.5 Å². The molecule has 11 nitrogen and oxygen atoms in total. The highest BCUT2D eigenvalue weighted by Crippen LogP contribution is 2.47. The number of anilines is 1. The van der Waals surface area contributed by atoms with Crippen LogP contribution < -0.4 is 4.90 Å². The summed E-state index contributed by atoms with van der Waals surface area (Å²) in [5.74, 6) is -2.31. The van der Waals surface area contributed by atoms with E-state index < -0.39 is 35.9 Å². The van der Waals surface area contributed by atoms with Crippen molar-refractivity contribution in [1.82, 2.24) is 9.80 Å². The van der Waals surface area contributed by atoms with Gasteiger partial charge in [-0.15, -0.1) is 0 Å². The number of rotatable bonds is 17. The normalized spacial score (nSPS) is 20.9. The molecule has 350 valence electrons. The molecular formula is C54H71N3O8. The third-order valence-electron chi connectivity index (χ3n) is 14.2. The second-order valence-electron chi connectivity index (χ2n) is 20.2. The Kier molecular flexibility index (Phi) is 16.1. The number of carbonyl (C=O) groups excluding carboxylic acids is 6. The summed E-state index contributed by atoms with van der Waals surface area (Å²) in [5.41, 5.74) is 6.51. The summed E-state index contributed by atoms with van der Waals surface area (Å²) in [7, 11) is 2.65. The van der Waals surface area contributed by atoms with Crippen molar-refractivity contribution >= 4 is 41.0 Å². The molecule has 3 aromatic rings. The number of ether oxygens (including phenoxy) is 2. The van der Waals surface area contributed by atoms with E-state index in [-0.39, 0.29) is 78.4 Å². The Morgan fingerprint density at radius 1 is 0.569 bits per heavy atom. The van der Waals surface area contributed by atoms with Gasteiger partial charge in [0.15, 0.2) is 11.6 Å². The summed E-state index contributed by atoms with van der Waals surface area (Å²) >= 11 is 0.